The van der Waals surface area contributed by atoms with Crippen LogP contribution in [-0.4, -0.2) is 15.5 Å². The summed E-state index contributed by atoms with van der Waals surface area (Å²) in [6.45, 7) is 0.596. The minimum Gasteiger partial charge on any atom is -0.349 e. The van der Waals surface area contributed by atoms with Gasteiger partial charge in [0.25, 0.3) is 0 Å². The molecule has 0 saturated carbocycles. The maximum Gasteiger partial charge on any atom is 0.243 e. The Labute approximate surface area is 132 Å². The van der Waals surface area contributed by atoms with Gasteiger partial charge in [-0.3, -0.25) is 4.79 Å². The largest absolute Gasteiger partial charge is 0.349 e. The zero-order chi connectivity index (χ0) is 14.9. The number of aromatic nitrogens is 2. The quantitative estimate of drug-likeness (QED) is 0.807. The number of carbonyl (C=O) groups excluding carboxylic acids is 1. The molecule has 1 aromatic carbocycles. The molecular formula is C17H17N3OS. The van der Waals surface area contributed by atoms with Crippen molar-refractivity contribution in [1.29, 1.82) is 0 Å². The number of thiophene rings is 1. The Morgan fingerprint density at radius 1 is 1.41 bits per heavy atom. The zero-order valence-electron chi connectivity index (χ0n) is 12.2. The first-order valence-electron chi connectivity index (χ1n) is 7.58. The van der Waals surface area contributed by atoms with E-state index in [1.807, 2.05) is 22.9 Å². The first-order chi connectivity index (χ1) is 10.8. The molecule has 1 aliphatic heterocycles. The second-order valence-electron chi connectivity index (χ2n) is 5.63. The van der Waals surface area contributed by atoms with Crippen LogP contribution in [0.2, 0.25) is 0 Å². The average molecular weight is 311 g/mol. The highest BCUT2D eigenvalue weighted by Gasteiger charge is 2.25. The van der Waals surface area contributed by atoms with E-state index in [2.05, 4.69) is 28.5 Å². The van der Waals surface area contributed by atoms with Gasteiger partial charge in [-0.1, -0.05) is 18.2 Å². The summed E-state index contributed by atoms with van der Waals surface area (Å²) in [5, 5.41) is 4.33. The number of nitrogens with one attached hydrogen (secondary N) is 1. The lowest BCUT2D eigenvalue weighted by Crippen LogP contribution is -2.34. The Bertz CT molecular complexity index is 787. The summed E-state index contributed by atoms with van der Waals surface area (Å²) >= 11 is 1.74. The summed E-state index contributed by atoms with van der Waals surface area (Å²) < 4.78 is 3.28. The first-order valence-corrected chi connectivity index (χ1v) is 8.40. The summed E-state index contributed by atoms with van der Waals surface area (Å²) in [7, 11) is 0. The standard InChI is InChI=1S/C17H17N3OS/c21-17(14-5-3-7-16-18-8-9-20(14)16)19-11-13-10-12-4-1-2-6-15(12)22-13/h1-2,4,6,8-10,14H,3,5,7,11H2,(H,19,21). The van der Waals surface area contributed by atoms with E-state index in [0.29, 0.717) is 6.54 Å². The zero-order valence-corrected chi connectivity index (χ0v) is 13.0. The van der Waals surface area contributed by atoms with E-state index < -0.39 is 0 Å². The Balaban J connectivity index is 1.47. The first kappa shape index (κ1) is 13.5. The van der Waals surface area contributed by atoms with E-state index in [4.69, 9.17) is 0 Å². The number of aryl methyl sites for hydroxylation is 1. The number of imidazole rings is 1. The molecule has 5 heteroatoms. The van der Waals surface area contributed by atoms with Gasteiger partial charge in [0.05, 0.1) is 6.54 Å². The van der Waals surface area contributed by atoms with Crippen LogP contribution in [0.15, 0.2) is 42.7 Å². The van der Waals surface area contributed by atoms with Crippen LogP contribution < -0.4 is 5.32 Å². The smallest absolute Gasteiger partial charge is 0.243 e. The molecular weight excluding hydrogens is 294 g/mol. The van der Waals surface area contributed by atoms with Gasteiger partial charge in [0.1, 0.15) is 11.9 Å². The summed E-state index contributed by atoms with van der Waals surface area (Å²) in [5.74, 6) is 1.12. The molecule has 0 radical (unpaired) electrons. The number of benzene rings is 1. The molecule has 0 fully saturated rings. The molecule has 3 heterocycles. The third kappa shape index (κ3) is 2.41. The molecule has 1 atom stereocenters. The fraction of sp³-hybridized carbons (Fsp3) is 0.294. The molecule has 1 amide bonds. The van der Waals surface area contributed by atoms with Crippen molar-refractivity contribution in [2.24, 2.45) is 0 Å². The van der Waals surface area contributed by atoms with Crippen molar-refractivity contribution in [3.63, 3.8) is 0 Å². The van der Waals surface area contributed by atoms with Crippen LogP contribution in [0.5, 0.6) is 0 Å². The number of hydrogen-bond acceptors (Lipinski definition) is 3. The molecule has 2 aromatic heterocycles. The molecule has 0 saturated heterocycles. The molecule has 4 nitrogen and oxygen atoms in total. The van der Waals surface area contributed by atoms with Crippen LogP contribution in [0.1, 0.15) is 29.6 Å². The SMILES string of the molecule is O=C(NCc1cc2ccccc2s1)C1CCCc2nccn21. The average Bonchev–Trinajstić information content (AvgIpc) is 3.18. The fourth-order valence-electron chi connectivity index (χ4n) is 3.09. The maximum absolute atomic E-state index is 12.5. The summed E-state index contributed by atoms with van der Waals surface area (Å²) in [6.07, 6.45) is 6.58. The number of carbonyl (C=O) groups is 1. The lowest BCUT2D eigenvalue weighted by atomic mass is 10.0. The van der Waals surface area contributed by atoms with Gasteiger partial charge in [-0.25, -0.2) is 4.98 Å². The Morgan fingerprint density at radius 3 is 3.23 bits per heavy atom. The monoisotopic (exact) mass is 311 g/mol. The van der Waals surface area contributed by atoms with Crippen LogP contribution >= 0.6 is 11.3 Å². The van der Waals surface area contributed by atoms with Gasteiger partial charge in [0.15, 0.2) is 0 Å². The Hall–Kier alpha value is -2.14. The van der Waals surface area contributed by atoms with E-state index in [9.17, 15) is 4.79 Å². The van der Waals surface area contributed by atoms with Crippen molar-refractivity contribution >= 4 is 27.3 Å². The number of rotatable bonds is 3. The van der Waals surface area contributed by atoms with Crippen molar-refractivity contribution in [2.75, 3.05) is 0 Å². The second-order valence-corrected chi connectivity index (χ2v) is 6.80. The predicted molar refractivity (Wildman–Crippen MR) is 87.9 cm³/mol. The van der Waals surface area contributed by atoms with Gasteiger partial charge in [-0.2, -0.15) is 0 Å². The third-order valence-corrected chi connectivity index (χ3v) is 5.29. The molecule has 22 heavy (non-hydrogen) atoms. The number of amides is 1. The second kappa shape index (κ2) is 5.57. The van der Waals surface area contributed by atoms with Gasteiger partial charge >= 0.3 is 0 Å². The highest BCUT2D eigenvalue weighted by molar-refractivity contribution is 7.19. The van der Waals surface area contributed by atoms with E-state index in [1.165, 1.54) is 15.0 Å². The minimum absolute atomic E-state index is 0.0939. The predicted octanol–water partition coefficient (Wildman–Crippen LogP) is 3.29. The topological polar surface area (TPSA) is 46.9 Å². The maximum atomic E-state index is 12.5. The van der Waals surface area contributed by atoms with Crippen molar-refractivity contribution in [3.05, 3.63) is 53.4 Å². The number of nitrogens with zero attached hydrogens (tertiary/aromatic N) is 2. The summed E-state index contributed by atoms with van der Waals surface area (Å²) in [6, 6.07) is 10.4. The van der Waals surface area contributed by atoms with Crippen molar-refractivity contribution in [1.82, 2.24) is 14.9 Å². The highest BCUT2D eigenvalue weighted by atomic mass is 32.1. The Morgan fingerprint density at radius 2 is 2.32 bits per heavy atom. The normalized spacial score (nSPS) is 17.4. The van der Waals surface area contributed by atoms with Crippen molar-refractivity contribution < 1.29 is 4.79 Å². The number of hydrogen-bond donors (Lipinski definition) is 1. The third-order valence-electron chi connectivity index (χ3n) is 4.18. The van der Waals surface area contributed by atoms with Crippen LogP contribution in [-0.2, 0) is 17.8 Å². The van der Waals surface area contributed by atoms with Gasteiger partial charge in [-0.15, -0.1) is 11.3 Å². The molecule has 4 rings (SSSR count). The summed E-state index contributed by atoms with van der Waals surface area (Å²) in [4.78, 5) is 18.0. The van der Waals surface area contributed by atoms with Gasteiger partial charge in [0, 0.05) is 28.4 Å². The van der Waals surface area contributed by atoms with Gasteiger partial charge in [-0.05, 0) is 30.4 Å². The molecule has 3 aromatic rings. The fourth-order valence-corrected chi connectivity index (χ4v) is 4.09. The van der Waals surface area contributed by atoms with E-state index >= 15 is 0 Å². The number of fused-ring (bicyclic) bond motifs is 2. The molecule has 0 bridgehead atoms. The van der Waals surface area contributed by atoms with Crippen molar-refractivity contribution in [3.8, 4) is 0 Å². The van der Waals surface area contributed by atoms with Crippen LogP contribution in [0.4, 0.5) is 0 Å². The van der Waals surface area contributed by atoms with Gasteiger partial charge < -0.3 is 9.88 Å². The van der Waals surface area contributed by atoms with E-state index in [1.54, 1.807) is 17.5 Å². The minimum atomic E-state index is -0.111. The summed E-state index contributed by atoms with van der Waals surface area (Å²) in [5.41, 5.74) is 0. The van der Waals surface area contributed by atoms with Crippen LogP contribution in [0, 0.1) is 0 Å². The van der Waals surface area contributed by atoms with Crippen LogP contribution in [0.3, 0.4) is 0 Å². The Kier molecular flexibility index (Phi) is 3.42. The highest BCUT2D eigenvalue weighted by Crippen LogP contribution is 2.26. The molecule has 0 aliphatic carbocycles. The van der Waals surface area contributed by atoms with E-state index in [0.717, 1.165) is 25.1 Å². The lowest BCUT2D eigenvalue weighted by Gasteiger charge is -2.24. The molecule has 1 aliphatic rings. The molecule has 112 valence electrons. The molecule has 1 unspecified atom stereocenters. The van der Waals surface area contributed by atoms with Gasteiger partial charge in [0.2, 0.25) is 5.91 Å². The molecule has 0 spiro atoms. The van der Waals surface area contributed by atoms with Crippen LogP contribution in [0.25, 0.3) is 10.1 Å². The lowest BCUT2D eigenvalue weighted by molar-refractivity contribution is -0.125. The van der Waals surface area contributed by atoms with Crippen molar-refractivity contribution in [2.45, 2.75) is 31.8 Å². The molecule has 1 N–H and O–H groups in total. The van der Waals surface area contributed by atoms with E-state index in [-0.39, 0.29) is 11.9 Å².